The van der Waals surface area contributed by atoms with E-state index in [1.54, 1.807) is 0 Å². The van der Waals surface area contributed by atoms with E-state index >= 15 is 0 Å². The number of aryl methyl sites for hydroxylation is 1. The third kappa shape index (κ3) is 2.80. The van der Waals surface area contributed by atoms with E-state index in [4.69, 9.17) is 0 Å². The van der Waals surface area contributed by atoms with Crippen molar-refractivity contribution in [1.29, 1.82) is 0 Å². The van der Waals surface area contributed by atoms with Crippen molar-refractivity contribution in [3.63, 3.8) is 0 Å². The second-order valence-corrected chi connectivity index (χ2v) is 5.57. The van der Waals surface area contributed by atoms with E-state index in [0.29, 0.717) is 6.54 Å². The van der Waals surface area contributed by atoms with Crippen LogP contribution in [0.25, 0.3) is 10.9 Å². The quantitative estimate of drug-likeness (QED) is 0.778. The van der Waals surface area contributed by atoms with Crippen LogP contribution in [-0.2, 0) is 6.54 Å². The highest BCUT2D eigenvalue weighted by atomic mass is 79.9. The van der Waals surface area contributed by atoms with Gasteiger partial charge in [-0.05, 0) is 47.1 Å². The summed E-state index contributed by atoms with van der Waals surface area (Å²) in [5.74, 6) is 0. The molecule has 0 saturated heterocycles. The molecule has 1 N–H and O–H groups in total. The van der Waals surface area contributed by atoms with Gasteiger partial charge in [0, 0.05) is 21.7 Å². The Morgan fingerprint density at radius 2 is 2.00 bits per heavy atom. The van der Waals surface area contributed by atoms with Crippen LogP contribution in [-0.4, -0.2) is 9.97 Å². The largest absolute Gasteiger partial charge is 0.378 e. The number of halogens is 1. The summed E-state index contributed by atoms with van der Waals surface area (Å²) in [6.45, 7) is 2.69. The summed E-state index contributed by atoms with van der Waals surface area (Å²) in [5.41, 5.74) is 4.06. The molecule has 3 nitrogen and oxygen atoms in total. The first-order chi connectivity index (χ1) is 9.72. The minimum Gasteiger partial charge on any atom is -0.378 e. The number of para-hydroxylation sites is 1. The summed E-state index contributed by atoms with van der Waals surface area (Å²) in [4.78, 5) is 8.97. The van der Waals surface area contributed by atoms with Crippen molar-refractivity contribution in [2.75, 3.05) is 5.32 Å². The minimum absolute atomic E-state index is 0.683. The van der Waals surface area contributed by atoms with Gasteiger partial charge in [-0.15, -0.1) is 0 Å². The molecule has 3 rings (SSSR count). The lowest BCUT2D eigenvalue weighted by molar-refractivity contribution is 1.04. The molecule has 0 aliphatic carbocycles. The number of benzene rings is 1. The molecule has 20 heavy (non-hydrogen) atoms. The second-order valence-electron chi connectivity index (χ2n) is 4.65. The van der Waals surface area contributed by atoms with Crippen molar-refractivity contribution in [3.8, 4) is 0 Å². The molecule has 0 aliphatic rings. The number of anilines is 1. The predicted molar refractivity (Wildman–Crippen MR) is 85.7 cm³/mol. The smallest absolute Gasteiger partial charge is 0.0936 e. The zero-order chi connectivity index (χ0) is 13.9. The molecular weight excluding hydrogens is 314 g/mol. The summed E-state index contributed by atoms with van der Waals surface area (Å²) in [5, 5.41) is 4.55. The van der Waals surface area contributed by atoms with E-state index in [0.717, 1.165) is 32.5 Å². The van der Waals surface area contributed by atoms with Crippen LogP contribution in [0.15, 0.2) is 53.1 Å². The summed E-state index contributed by atoms with van der Waals surface area (Å²) in [6, 6.07) is 14.3. The van der Waals surface area contributed by atoms with E-state index in [2.05, 4.69) is 43.3 Å². The molecule has 0 fully saturated rings. The van der Waals surface area contributed by atoms with Gasteiger partial charge in [-0.2, -0.15) is 0 Å². The molecule has 0 saturated carbocycles. The third-order valence-corrected chi connectivity index (χ3v) is 3.58. The number of fused-ring (bicyclic) bond motifs is 1. The molecule has 0 spiro atoms. The number of pyridine rings is 2. The molecule has 4 heteroatoms. The number of hydrogen-bond donors (Lipinski definition) is 1. The Kier molecular flexibility index (Phi) is 3.65. The fraction of sp³-hybridized carbons (Fsp3) is 0.125. The molecule has 0 unspecified atom stereocenters. The Bertz CT molecular complexity index is 738. The lowest BCUT2D eigenvalue weighted by Gasteiger charge is -2.09. The highest BCUT2D eigenvalue weighted by molar-refractivity contribution is 9.10. The van der Waals surface area contributed by atoms with Gasteiger partial charge < -0.3 is 5.32 Å². The van der Waals surface area contributed by atoms with E-state index in [1.165, 1.54) is 0 Å². The van der Waals surface area contributed by atoms with E-state index < -0.39 is 0 Å². The van der Waals surface area contributed by atoms with Crippen molar-refractivity contribution in [2.45, 2.75) is 13.5 Å². The van der Waals surface area contributed by atoms with Crippen molar-refractivity contribution < 1.29 is 0 Å². The van der Waals surface area contributed by atoms with Gasteiger partial charge in [-0.25, -0.2) is 0 Å². The zero-order valence-corrected chi connectivity index (χ0v) is 12.7. The van der Waals surface area contributed by atoms with Gasteiger partial charge >= 0.3 is 0 Å². The van der Waals surface area contributed by atoms with Crippen LogP contribution >= 0.6 is 15.9 Å². The Hall–Kier alpha value is -1.94. The first kappa shape index (κ1) is 13.1. The molecule has 2 heterocycles. The normalized spacial score (nSPS) is 10.7. The molecule has 2 aromatic heterocycles. The first-order valence-corrected chi connectivity index (χ1v) is 7.22. The SMILES string of the molecule is Cc1ccc2cccc(NCc3ccc(Br)cn3)c2n1. The minimum atomic E-state index is 0.683. The van der Waals surface area contributed by atoms with Gasteiger partial charge in [-0.1, -0.05) is 18.2 Å². The van der Waals surface area contributed by atoms with Gasteiger partial charge in [0.05, 0.1) is 23.4 Å². The fourth-order valence-corrected chi connectivity index (χ4v) is 2.32. The maximum atomic E-state index is 4.61. The third-order valence-electron chi connectivity index (χ3n) is 3.11. The van der Waals surface area contributed by atoms with Crippen molar-refractivity contribution >= 4 is 32.5 Å². The van der Waals surface area contributed by atoms with Gasteiger partial charge in [-0.3, -0.25) is 9.97 Å². The monoisotopic (exact) mass is 327 g/mol. The van der Waals surface area contributed by atoms with Crippen LogP contribution in [0, 0.1) is 6.92 Å². The predicted octanol–water partition coefficient (Wildman–Crippen LogP) is 4.31. The van der Waals surface area contributed by atoms with Crippen molar-refractivity contribution in [2.24, 2.45) is 0 Å². The molecule has 1 aromatic carbocycles. The standard InChI is InChI=1S/C16H14BrN3/c1-11-5-6-12-3-2-4-15(16(12)20-11)19-10-14-8-7-13(17)9-18-14/h2-9,19H,10H2,1H3. The van der Waals surface area contributed by atoms with Crippen molar-refractivity contribution in [3.05, 3.63) is 64.5 Å². The Morgan fingerprint density at radius 1 is 1.10 bits per heavy atom. The number of nitrogens with one attached hydrogen (secondary N) is 1. The summed E-state index contributed by atoms with van der Waals surface area (Å²) >= 11 is 3.39. The lowest BCUT2D eigenvalue weighted by Crippen LogP contribution is -2.02. The zero-order valence-electron chi connectivity index (χ0n) is 11.1. The molecule has 0 radical (unpaired) electrons. The van der Waals surface area contributed by atoms with Crippen LogP contribution < -0.4 is 5.32 Å². The number of aromatic nitrogens is 2. The molecule has 100 valence electrons. The average Bonchev–Trinajstić information content (AvgIpc) is 2.47. The summed E-state index contributed by atoms with van der Waals surface area (Å²) < 4.78 is 0.990. The number of rotatable bonds is 3. The first-order valence-electron chi connectivity index (χ1n) is 6.43. The van der Waals surface area contributed by atoms with Gasteiger partial charge in [0.15, 0.2) is 0 Å². The fourth-order valence-electron chi connectivity index (χ4n) is 2.08. The highest BCUT2D eigenvalue weighted by Crippen LogP contribution is 2.22. The number of nitrogens with zero attached hydrogens (tertiary/aromatic N) is 2. The second kappa shape index (κ2) is 5.59. The summed E-state index contributed by atoms with van der Waals surface area (Å²) in [6.07, 6.45) is 1.81. The highest BCUT2D eigenvalue weighted by Gasteiger charge is 2.03. The molecule has 3 aromatic rings. The Morgan fingerprint density at radius 3 is 2.80 bits per heavy atom. The van der Waals surface area contributed by atoms with Crippen molar-refractivity contribution in [1.82, 2.24) is 9.97 Å². The van der Waals surface area contributed by atoms with E-state index in [-0.39, 0.29) is 0 Å². The lowest BCUT2D eigenvalue weighted by atomic mass is 10.1. The maximum Gasteiger partial charge on any atom is 0.0936 e. The molecular formula is C16H14BrN3. The molecule has 0 aliphatic heterocycles. The van der Waals surface area contributed by atoms with Gasteiger partial charge in [0.2, 0.25) is 0 Å². The molecule has 0 bridgehead atoms. The van der Waals surface area contributed by atoms with Crippen LogP contribution in [0.3, 0.4) is 0 Å². The Labute approximate surface area is 126 Å². The van der Waals surface area contributed by atoms with E-state index in [9.17, 15) is 0 Å². The van der Waals surface area contributed by atoms with Crippen LogP contribution in [0.2, 0.25) is 0 Å². The average molecular weight is 328 g/mol. The van der Waals surface area contributed by atoms with E-state index in [1.807, 2.05) is 43.5 Å². The van der Waals surface area contributed by atoms with Crippen LogP contribution in [0.5, 0.6) is 0 Å². The van der Waals surface area contributed by atoms with Gasteiger partial charge in [0.1, 0.15) is 0 Å². The maximum absolute atomic E-state index is 4.61. The Balaban J connectivity index is 1.87. The topological polar surface area (TPSA) is 37.8 Å². The molecule has 0 atom stereocenters. The number of hydrogen-bond acceptors (Lipinski definition) is 3. The summed E-state index contributed by atoms with van der Waals surface area (Å²) in [7, 11) is 0. The molecule has 0 amide bonds. The van der Waals surface area contributed by atoms with Gasteiger partial charge in [0.25, 0.3) is 0 Å². The van der Waals surface area contributed by atoms with Crippen LogP contribution in [0.1, 0.15) is 11.4 Å². The van der Waals surface area contributed by atoms with Crippen LogP contribution in [0.4, 0.5) is 5.69 Å².